The number of rotatable bonds is 4. The molecule has 2 atom stereocenters. The van der Waals surface area contributed by atoms with Gasteiger partial charge in [-0.25, -0.2) is 0 Å². The molecule has 132 valence electrons. The predicted molar refractivity (Wildman–Crippen MR) is 112 cm³/mol. The molecule has 2 aliphatic carbocycles. The van der Waals surface area contributed by atoms with Gasteiger partial charge < -0.3 is 4.12 Å². The van der Waals surface area contributed by atoms with Gasteiger partial charge in [-0.15, -0.1) is 0 Å². The Morgan fingerprint density at radius 1 is 0.654 bits per heavy atom. The number of allylic oxidation sites excluding steroid dienone is 2. The molecule has 0 aromatic heterocycles. The Kier molecular flexibility index (Phi) is 5.61. The van der Waals surface area contributed by atoms with Crippen molar-refractivity contribution in [1.29, 1.82) is 0 Å². The van der Waals surface area contributed by atoms with E-state index in [0.29, 0.717) is 11.1 Å². The monoisotopic (exact) mass is 452 g/mol. The van der Waals surface area contributed by atoms with Crippen molar-refractivity contribution in [2.45, 2.75) is 37.3 Å². The molecule has 0 radical (unpaired) electrons. The van der Waals surface area contributed by atoms with Crippen LogP contribution in [0, 0.1) is 0 Å². The second kappa shape index (κ2) is 7.31. The van der Waals surface area contributed by atoms with Crippen LogP contribution in [-0.2, 0) is 30.3 Å². The van der Waals surface area contributed by atoms with E-state index in [1.807, 2.05) is 0 Å². The van der Waals surface area contributed by atoms with Crippen LogP contribution in [0.15, 0.2) is 60.7 Å². The smallest absolute Gasteiger partial charge is 0.184 e. The first-order valence-corrected chi connectivity index (χ1v) is 15.1. The minimum atomic E-state index is -1.90. The molecule has 1 nitrogen and oxygen atoms in total. The van der Waals surface area contributed by atoms with Gasteiger partial charge in [-0.05, 0) is 48.4 Å². The van der Waals surface area contributed by atoms with Crippen molar-refractivity contribution < 1.29 is 30.3 Å². The molecule has 0 N–H and O–H groups in total. The number of hydrogen-bond donors (Lipinski definition) is 0. The first-order valence-electron chi connectivity index (χ1n) is 9.13. The van der Waals surface area contributed by atoms with Gasteiger partial charge in [-0.3, -0.25) is 0 Å². The second-order valence-corrected chi connectivity index (χ2v) is 16.7. The minimum Gasteiger partial charge on any atom is -0.454 e. The van der Waals surface area contributed by atoms with Gasteiger partial charge >= 0.3 is 0 Å². The van der Waals surface area contributed by atoms with Crippen LogP contribution in [0.4, 0.5) is 0 Å². The average Bonchev–Trinajstić information content (AvgIpc) is 3.18. The van der Waals surface area contributed by atoms with Crippen LogP contribution in [0.1, 0.15) is 33.3 Å². The molecule has 0 bridgehead atoms. The number of fused-ring (bicyclic) bond motifs is 2. The maximum Gasteiger partial charge on any atom is 0.184 e. The van der Waals surface area contributed by atoms with Gasteiger partial charge in [0, 0.05) is 37.3 Å². The topological polar surface area (TPSA) is 9.23 Å². The van der Waals surface area contributed by atoms with Crippen molar-refractivity contribution in [1.82, 2.24) is 0 Å². The van der Waals surface area contributed by atoms with E-state index in [0.717, 1.165) is 0 Å². The molecule has 0 fully saturated rings. The molecule has 0 saturated heterocycles. The maximum atomic E-state index is 7.08. The molecular formula is C22H26OSi2Zr. The molecule has 2 unspecified atom stereocenters. The summed E-state index contributed by atoms with van der Waals surface area (Å²) in [7, 11) is -3.81. The fraction of sp³-hybridized carbons (Fsp3) is 0.273. The van der Waals surface area contributed by atoms with Crippen LogP contribution < -0.4 is 0 Å². The van der Waals surface area contributed by atoms with Gasteiger partial charge in [0.05, 0.1) is 0 Å². The maximum absolute atomic E-state index is 7.08. The van der Waals surface area contributed by atoms with Crippen molar-refractivity contribution in [3.63, 3.8) is 0 Å². The zero-order valence-corrected chi connectivity index (χ0v) is 20.4. The van der Waals surface area contributed by atoms with Crippen LogP contribution in [0.25, 0.3) is 12.2 Å². The van der Waals surface area contributed by atoms with Gasteiger partial charge in [0.25, 0.3) is 0 Å². The fourth-order valence-electron chi connectivity index (χ4n) is 4.52. The Labute approximate surface area is 178 Å². The van der Waals surface area contributed by atoms with Gasteiger partial charge in [0.1, 0.15) is 0 Å². The van der Waals surface area contributed by atoms with Gasteiger partial charge in [-0.1, -0.05) is 72.8 Å². The fourth-order valence-corrected chi connectivity index (χ4v) is 14.1. The molecule has 0 heterocycles. The molecule has 0 amide bonds. The van der Waals surface area contributed by atoms with E-state index < -0.39 is 16.6 Å². The largest absolute Gasteiger partial charge is 0.454 e. The van der Waals surface area contributed by atoms with Crippen LogP contribution in [-0.4, -0.2) is 16.6 Å². The average molecular weight is 454 g/mol. The molecule has 0 spiro atoms. The summed E-state index contributed by atoms with van der Waals surface area (Å²) in [6.45, 7) is 9.57. The molecule has 26 heavy (non-hydrogen) atoms. The number of benzene rings is 2. The molecule has 0 saturated carbocycles. The third kappa shape index (κ3) is 3.49. The summed E-state index contributed by atoms with van der Waals surface area (Å²) < 4.78 is 7.08. The van der Waals surface area contributed by atoms with Crippen LogP contribution in [0.2, 0.25) is 26.2 Å². The van der Waals surface area contributed by atoms with Gasteiger partial charge in [0.15, 0.2) is 16.6 Å². The number of hydrogen-bond acceptors (Lipinski definition) is 1. The Hall–Kier alpha value is -0.803. The summed E-state index contributed by atoms with van der Waals surface area (Å²) in [4.78, 5) is 0. The zero-order chi connectivity index (χ0) is 17.7. The van der Waals surface area contributed by atoms with Gasteiger partial charge in [0.2, 0.25) is 0 Å². The summed E-state index contributed by atoms with van der Waals surface area (Å²) in [6, 6.07) is 17.5. The molecule has 2 aromatic carbocycles. The summed E-state index contributed by atoms with van der Waals surface area (Å²) in [6.07, 6.45) is 9.30. The summed E-state index contributed by atoms with van der Waals surface area (Å²) in [5.74, 6) is 0. The van der Waals surface area contributed by atoms with E-state index in [9.17, 15) is 0 Å². The predicted octanol–water partition coefficient (Wildman–Crippen LogP) is 6.11. The quantitative estimate of drug-likeness (QED) is 0.507. The van der Waals surface area contributed by atoms with Crippen molar-refractivity contribution in [3.05, 3.63) is 82.9 Å². The SMILES string of the molecule is C[Si](C)(O[Si](C)(C)C1C=Cc2ccccc21)C1C=Cc2ccccc21.[Zr]. The second-order valence-electron chi connectivity index (χ2n) is 8.24. The minimum absolute atomic E-state index is 0. The third-order valence-corrected chi connectivity index (χ3v) is 13.8. The van der Waals surface area contributed by atoms with Crippen LogP contribution in [0.3, 0.4) is 0 Å². The van der Waals surface area contributed by atoms with Crippen molar-refractivity contribution in [3.8, 4) is 0 Å². The van der Waals surface area contributed by atoms with Crippen LogP contribution in [0.5, 0.6) is 0 Å². The van der Waals surface area contributed by atoms with E-state index in [2.05, 4.69) is 99.0 Å². The molecule has 4 rings (SSSR count). The summed E-state index contributed by atoms with van der Waals surface area (Å²) >= 11 is 0. The standard InChI is InChI=1S/C22H26OSi2.Zr/c1-24(2,21-15-13-17-9-5-7-11-19(17)21)23-25(3,4)22-16-14-18-10-6-8-12-20(18)22;/h5-16,21-22H,1-4H3;. The Morgan fingerprint density at radius 2 is 1.04 bits per heavy atom. The molecule has 2 aliphatic rings. The van der Waals surface area contributed by atoms with E-state index in [4.69, 9.17) is 4.12 Å². The van der Waals surface area contributed by atoms with Crippen LogP contribution >= 0.6 is 0 Å². The first-order chi connectivity index (χ1) is 11.9. The normalized spacial score (nSPS) is 20.6. The Balaban J connectivity index is 0.00000196. The molecule has 0 aliphatic heterocycles. The Morgan fingerprint density at radius 3 is 1.46 bits per heavy atom. The van der Waals surface area contributed by atoms with Gasteiger partial charge in [-0.2, -0.15) is 0 Å². The Bertz CT molecular complexity index is 798. The van der Waals surface area contributed by atoms with E-state index in [1.54, 1.807) is 0 Å². The van der Waals surface area contributed by atoms with Crippen molar-refractivity contribution in [2.24, 2.45) is 0 Å². The van der Waals surface area contributed by atoms with E-state index >= 15 is 0 Å². The molecule has 4 heteroatoms. The molecular weight excluding hydrogens is 428 g/mol. The summed E-state index contributed by atoms with van der Waals surface area (Å²) in [5, 5.41) is 0. The molecule has 2 aromatic rings. The third-order valence-electron chi connectivity index (χ3n) is 5.62. The summed E-state index contributed by atoms with van der Waals surface area (Å²) in [5.41, 5.74) is 6.54. The van der Waals surface area contributed by atoms with Crippen molar-refractivity contribution >= 4 is 28.8 Å². The zero-order valence-electron chi connectivity index (χ0n) is 16.0. The first kappa shape index (κ1) is 19.9. The van der Waals surface area contributed by atoms with Crippen molar-refractivity contribution in [2.75, 3.05) is 0 Å². The van der Waals surface area contributed by atoms with E-state index in [1.165, 1.54) is 22.3 Å². The van der Waals surface area contributed by atoms with E-state index in [-0.39, 0.29) is 26.2 Å².